The summed E-state index contributed by atoms with van der Waals surface area (Å²) in [5, 5.41) is 9.25. The summed E-state index contributed by atoms with van der Waals surface area (Å²) in [7, 11) is 0. The van der Waals surface area contributed by atoms with Crippen molar-refractivity contribution < 1.29 is 14.6 Å². The number of aromatic nitrogens is 1. The van der Waals surface area contributed by atoms with Gasteiger partial charge in [-0.25, -0.2) is 0 Å². The molecule has 0 unspecified atom stereocenters. The van der Waals surface area contributed by atoms with Gasteiger partial charge in [0.25, 0.3) is 0 Å². The van der Waals surface area contributed by atoms with Gasteiger partial charge in [-0.05, 0) is 42.5 Å². The van der Waals surface area contributed by atoms with E-state index < -0.39 is 6.10 Å². The van der Waals surface area contributed by atoms with E-state index >= 15 is 0 Å². The lowest BCUT2D eigenvalue weighted by molar-refractivity contribution is 0.0528. The van der Waals surface area contributed by atoms with Gasteiger partial charge in [-0.2, -0.15) is 4.98 Å². The average molecular weight is 378 g/mol. The van der Waals surface area contributed by atoms with Crippen LogP contribution in [0.3, 0.4) is 0 Å². The SMILES string of the molecule is C[C@@H](O)COc1cc(I)cc(N2CCO[C@@H](C)C2)n1. The predicted octanol–water partition coefficient (Wildman–Crippen LogP) is 1.67. The van der Waals surface area contributed by atoms with E-state index in [2.05, 4.69) is 39.4 Å². The molecule has 1 fully saturated rings. The first-order valence-electron chi connectivity index (χ1n) is 6.39. The Balaban J connectivity index is 2.11. The zero-order valence-corrected chi connectivity index (χ0v) is 13.3. The fourth-order valence-electron chi connectivity index (χ4n) is 1.93. The number of halogens is 1. The lowest BCUT2D eigenvalue weighted by Crippen LogP contribution is -2.41. The quantitative estimate of drug-likeness (QED) is 0.808. The lowest BCUT2D eigenvalue weighted by atomic mass is 10.3. The third-order valence-corrected chi connectivity index (χ3v) is 3.41. The molecule has 1 saturated heterocycles. The van der Waals surface area contributed by atoms with Gasteiger partial charge >= 0.3 is 0 Å². The topological polar surface area (TPSA) is 54.8 Å². The molecule has 106 valence electrons. The Labute approximate surface area is 127 Å². The summed E-state index contributed by atoms with van der Waals surface area (Å²) in [6.45, 7) is 6.41. The van der Waals surface area contributed by atoms with Crippen LogP contribution < -0.4 is 9.64 Å². The van der Waals surface area contributed by atoms with Crippen molar-refractivity contribution in [3.8, 4) is 5.88 Å². The average Bonchev–Trinajstić information content (AvgIpc) is 2.36. The second-order valence-corrected chi connectivity index (χ2v) is 6.01. The number of hydrogen-bond donors (Lipinski definition) is 1. The van der Waals surface area contributed by atoms with Gasteiger partial charge < -0.3 is 19.5 Å². The number of nitrogens with zero attached hydrogens (tertiary/aromatic N) is 2. The van der Waals surface area contributed by atoms with Crippen molar-refractivity contribution in [3.63, 3.8) is 0 Å². The van der Waals surface area contributed by atoms with Crippen molar-refractivity contribution in [1.29, 1.82) is 0 Å². The Kier molecular flexibility index (Phi) is 5.23. The number of anilines is 1. The molecule has 19 heavy (non-hydrogen) atoms. The molecule has 0 radical (unpaired) electrons. The Morgan fingerprint density at radius 3 is 3.11 bits per heavy atom. The normalized spacial score (nSPS) is 21.3. The fourth-order valence-corrected chi connectivity index (χ4v) is 2.47. The highest BCUT2D eigenvalue weighted by Gasteiger charge is 2.19. The summed E-state index contributed by atoms with van der Waals surface area (Å²) in [5.41, 5.74) is 0. The minimum atomic E-state index is -0.494. The van der Waals surface area contributed by atoms with Crippen molar-refractivity contribution >= 4 is 28.4 Å². The molecule has 0 saturated carbocycles. The minimum Gasteiger partial charge on any atom is -0.475 e. The van der Waals surface area contributed by atoms with Crippen molar-refractivity contribution in [2.24, 2.45) is 0 Å². The number of rotatable bonds is 4. The largest absolute Gasteiger partial charge is 0.475 e. The monoisotopic (exact) mass is 378 g/mol. The summed E-state index contributed by atoms with van der Waals surface area (Å²) in [5.74, 6) is 1.46. The number of morpholine rings is 1. The Morgan fingerprint density at radius 2 is 2.42 bits per heavy atom. The van der Waals surface area contributed by atoms with Crippen LogP contribution in [0.1, 0.15) is 13.8 Å². The maximum Gasteiger partial charge on any atom is 0.216 e. The Morgan fingerprint density at radius 1 is 1.63 bits per heavy atom. The van der Waals surface area contributed by atoms with Gasteiger partial charge in [0, 0.05) is 22.7 Å². The van der Waals surface area contributed by atoms with Gasteiger partial charge in [0.15, 0.2) is 0 Å². The molecule has 5 nitrogen and oxygen atoms in total. The summed E-state index contributed by atoms with van der Waals surface area (Å²) in [6.07, 6.45) is -0.276. The number of hydrogen-bond acceptors (Lipinski definition) is 5. The van der Waals surface area contributed by atoms with Gasteiger partial charge in [-0.15, -0.1) is 0 Å². The van der Waals surface area contributed by atoms with E-state index in [0.29, 0.717) is 5.88 Å². The van der Waals surface area contributed by atoms with E-state index in [4.69, 9.17) is 9.47 Å². The van der Waals surface area contributed by atoms with Crippen LogP contribution in [0.2, 0.25) is 0 Å². The molecule has 0 aliphatic carbocycles. The van der Waals surface area contributed by atoms with Crippen molar-refractivity contribution in [2.75, 3.05) is 31.2 Å². The second kappa shape index (κ2) is 6.71. The van der Waals surface area contributed by atoms with Crippen LogP contribution in [0.15, 0.2) is 12.1 Å². The molecule has 1 N–H and O–H groups in total. The van der Waals surface area contributed by atoms with Crippen LogP contribution in [0.25, 0.3) is 0 Å². The highest BCUT2D eigenvalue weighted by atomic mass is 127. The van der Waals surface area contributed by atoms with Crippen LogP contribution in [0.4, 0.5) is 5.82 Å². The van der Waals surface area contributed by atoms with Gasteiger partial charge in [0.05, 0.1) is 18.8 Å². The van der Waals surface area contributed by atoms with Gasteiger partial charge in [0.1, 0.15) is 12.4 Å². The summed E-state index contributed by atoms with van der Waals surface area (Å²) >= 11 is 2.25. The van der Waals surface area contributed by atoms with Crippen molar-refractivity contribution in [1.82, 2.24) is 4.98 Å². The maximum atomic E-state index is 9.25. The third kappa shape index (κ3) is 4.47. The van der Waals surface area contributed by atoms with E-state index in [0.717, 1.165) is 29.1 Å². The molecular weight excluding hydrogens is 359 g/mol. The number of aliphatic hydroxyl groups is 1. The molecule has 0 bridgehead atoms. The second-order valence-electron chi connectivity index (χ2n) is 4.77. The van der Waals surface area contributed by atoms with Crippen LogP contribution in [0.5, 0.6) is 5.88 Å². The zero-order valence-electron chi connectivity index (χ0n) is 11.2. The highest BCUT2D eigenvalue weighted by molar-refractivity contribution is 14.1. The first-order valence-corrected chi connectivity index (χ1v) is 7.47. The molecule has 1 aromatic heterocycles. The van der Waals surface area contributed by atoms with Crippen LogP contribution in [-0.4, -0.2) is 48.6 Å². The van der Waals surface area contributed by atoms with Gasteiger partial charge in [-0.3, -0.25) is 0 Å². The van der Waals surface area contributed by atoms with Crippen LogP contribution in [0, 0.1) is 3.57 Å². The molecule has 2 atom stereocenters. The van der Waals surface area contributed by atoms with E-state index in [9.17, 15) is 5.11 Å². The van der Waals surface area contributed by atoms with E-state index in [1.54, 1.807) is 6.92 Å². The molecule has 1 aliphatic heterocycles. The zero-order chi connectivity index (χ0) is 13.8. The lowest BCUT2D eigenvalue weighted by Gasteiger charge is -2.32. The van der Waals surface area contributed by atoms with Crippen LogP contribution in [-0.2, 0) is 4.74 Å². The predicted molar refractivity (Wildman–Crippen MR) is 81.8 cm³/mol. The van der Waals surface area contributed by atoms with Crippen molar-refractivity contribution in [3.05, 3.63) is 15.7 Å². The van der Waals surface area contributed by atoms with Crippen molar-refractivity contribution in [2.45, 2.75) is 26.1 Å². The summed E-state index contributed by atoms with van der Waals surface area (Å²) < 4.78 is 12.1. The first-order chi connectivity index (χ1) is 9.04. The number of pyridine rings is 1. The molecule has 0 amide bonds. The molecule has 2 heterocycles. The highest BCUT2D eigenvalue weighted by Crippen LogP contribution is 2.22. The molecule has 0 aromatic carbocycles. The molecule has 1 aliphatic rings. The standard InChI is InChI=1S/C13H19IN2O3/c1-9(17)8-19-13-6-11(14)5-12(15-13)16-3-4-18-10(2)7-16/h5-6,9-10,17H,3-4,7-8H2,1-2H3/t9-,10+/m1/s1. The minimum absolute atomic E-state index is 0.218. The molecule has 1 aromatic rings. The summed E-state index contributed by atoms with van der Waals surface area (Å²) in [6, 6.07) is 3.91. The smallest absolute Gasteiger partial charge is 0.216 e. The van der Waals surface area contributed by atoms with Gasteiger partial charge in [-0.1, -0.05) is 0 Å². The van der Waals surface area contributed by atoms with E-state index in [1.165, 1.54) is 0 Å². The Hall–Kier alpha value is -0.600. The summed E-state index contributed by atoms with van der Waals surface area (Å²) in [4.78, 5) is 6.70. The molecule has 6 heteroatoms. The number of aliphatic hydroxyl groups excluding tert-OH is 1. The molecule has 0 spiro atoms. The van der Waals surface area contributed by atoms with E-state index in [1.807, 2.05) is 12.1 Å². The third-order valence-electron chi connectivity index (χ3n) is 2.79. The van der Waals surface area contributed by atoms with Crippen LogP contribution >= 0.6 is 22.6 Å². The molecule has 2 rings (SSSR count). The van der Waals surface area contributed by atoms with Gasteiger partial charge in [0.2, 0.25) is 5.88 Å². The molecular formula is C13H19IN2O3. The fraction of sp³-hybridized carbons (Fsp3) is 0.615. The first kappa shape index (κ1) is 14.8. The van der Waals surface area contributed by atoms with E-state index in [-0.39, 0.29) is 12.7 Å². The number of ether oxygens (including phenoxy) is 2. The Bertz CT molecular complexity index is 428. The maximum absolute atomic E-state index is 9.25.